The second-order valence-corrected chi connectivity index (χ2v) is 3.72. The van der Waals surface area contributed by atoms with Crippen LogP contribution in [-0.2, 0) is 4.79 Å². The van der Waals surface area contributed by atoms with Gasteiger partial charge in [-0.3, -0.25) is 4.79 Å². The maximum atomic E-state index is 10.9. The largest absolute Gasteiger partial charge is 0.374 e. The predicted octanol–water partition coefficient (Wildman–Crippen LogP) is -0.0678. The lowest BCUT2D eigenvalue weighted by Gasteiger charge is -2.31. The van der Waals surface area contributed by atoms with Gasteiger partial charge in [0, 0.05) is 17.8 Å². The van der Waals surface area contributed by atoms with Crippen LogP contribution in [0.25, 0.3) is 0 Å². The first-order valence-corrected chi connectivity index (χ1v) is 4.64. The van der Waals surface area contributed by atoms with Crippen LogP contribution in [0.5, 0.6) is 0 Å². The minimum Gasteiger partial charge on any atom is -0.374 e. The van der Waals surface area contributed by atoms with E-state index in [1.165, 1.54) is 0 Å². The molecule has 0 saturated heterocycles. The van der Waals surface area contributed by atoms with Crippen molar-refractivity contribution in [2.75, 3.05) is 0 Å². The summed E-state index contributed by atoms with van der Waals surface area (Å²) in [6, 6.07) is 0.435. The van der Waals surface area contributed by atoms with Gasteiger partial charge < -0.3 is 15.7 Å². The molecule has 1 saturated carbocycles. The van der Waals surface area contributed by atoms with Crippen molar-refractivity contribution in [2.24, 2.45) is 5.73 Å². The molecule has 4 nitrogen and oxygen atoms in total. The highest BCUT2D eigenvalue weighted by molar-refractivity contribution is 5.91. The van der Waals surface area contributed by atoms with Crippen molar-refractivity contribution in [3.63, 3.8) is 0 Å². The van der Waals surface area contributed by atoms with E-state index in [2.05, 4.69) is 0 Å². The highest BCUT2D eigenvalue weighted by Gasteiger charge is 2.33. The molecule has 0 aromatic carbocycles. The molecule has 2 rings (SSSR count). The topological polar surface area (TPSA) is 66.6 Å². The molecule has 1 atom stereocenters. The first kappa shape index (κ1) is 8.56. The number of hydrogen-bond donors (Lipinski definition) is 2. The molecular formula is C9H14N2O2. The summed E-state index contributed by atoms with van der Waals surface area (Å²) in [6.07, 6.45) is 4.74. The Morgan fingerprint density at radius 1 is 1.54 bits per heavy atom. The van der Waals surface area contributed by atoms with E-state index in [1.807, 2.05) is 4.90 Å². The zero-order valence-corrected chi connectivity index (χ0v) is 7.44. The molecule has 0 bridgehead atoms. The normalized spacial score (nSPS) is 28.5. The van der Waals surface area contributed by atoms with Crippen molar-refractivity contribution < 1.29 is 9.90 Å². The third-order valence-electron chi connectivity index (χ3n) is 2.61. The van der Waals surface area contributed by atoms with Crippen LogP contribution in [-0.4, -0.2) is 28.2 Å². The molecule has 0 spiro atoms. The maximum Gasteiger partial charge on any atom is 0.246 e. The lowest BCUT2D eigenvalue weighted by Crippen LogP contribution is -2.37. The molecule has 3 N–H and O–H groups in total. The fourth-order valence-electron chi connectivity index (χ4n) is 1.67. The highest BCUT2D eigenvalue weighted by atomic mass is 16.3. The van der Waals surface area contributed by atoms with E-state index in [1.54, 1.807) is 6.20 Å². The third-order valence-corrected chi connectivity index (χ3v) is 2.61. The van der Waals surface area contributed by atoms with Gasteiger partial charge in [-0.05, 0) is 25.7 Å². The van der Waals surface area contributed by atoms with E-state index in [0.717, 1.165) is 12.8 Å². The van der Waals surface area contributed by atoms with E-state index in [0.29, 0.717) is 24.5 Å². The molecule has 1 unspecified atom stereocenters. The summed E-state index contributed by atoms with van der Waals surface area (Å²) in [6.45, 7) is 0. The molecule has 72 valence electrons. The van der Waals surface area contributed by atoms with Crippen LogP contribution in [0.4, 0.5) is 0 Å². The number of aliphatic hydroxyl groups excluding tert-OH is 1. The molecule has 1 amide bonds. The summed E-state index contributed by atoms with van der Waals surface area (Å²) in [5, 5.41) is 9.61. The van der Waals surface area contributed by atoms with Crippen molar-refractivity contribution >= 4 is 5.91 Å². The Labute approximate surface area is 77.0 Å². The fourth-order valence-corrected chi connectivity index (χ4v) is 1.67. The lowest BCUT2D eigenvalue weighted by atomic mass is 10.1. The van der Waals surface area contributed by atoms with Crippen molar-refractivity contribution in [3.8, 4) is 0 Å². The Bertz CT molecular complexity index is 258. The molecule has 1 aliphatic carbocycles. The van der Waals surface area contributed by atoms with Gasteiger partial charge >= 0.3 is 0 Å². The van der Waals surface area contributed by atoms with Gasteiger partial charge in [-0.15, -0.1) is 0 Å². The molecule has 1 aliphatic heterocycles. The average Bonchev–Trinajstić information content (AvgIpc) is 2.87. The van der Waals surface area contributed by atoms with Crippen LogP contribution in [0, 0.1) is 0 Å². The summed E-state index contributed by atoms with van der Waals surface area (Å²) in [4.78, 5) is 12.8. The number of amides is 1. The second-order valence-electron chi connectivity index (χ2n) is 3.72. The second kappa shape index (κ2) is 3.03. The van der Waals surface area contributed by atoms with Crippen LogP contribution in [0.15, 0.2) is 11.8 Å². The zero-order chi connectivity index (χ0) is 9.42. The Hall–Kier alpha value is -1.03. The van der Waals surface area contributed by atoms with E-state index < -0.39 is 6.23 Å². The molecule has 0 radical (unpaired) electrons. The predicted molar refractivity (Wildman–Crippen MR) is 47.4 cm³/mol. The van der Waals surface area contributed by atoms with Crippen LogP contribution in [0.2, 0.25) is 0 Å². The summed E-state index contributed by atoms with van der Waals surface area (Å²) in [5.74, 6) is -0.363. The van der Waals surface area contributed by atoms with Gasteiger partial charge in [-0.25, -0.2) is 0 Å². The van der Waals surface area contributed by atoms with E-state index >= 15 is 0 Å². The van der Waals surface area contributed by atoms with Gasteiger partial charge in [0.25, 0.3) is 0 Å². The van der Waals surface area contributed by atoms with Gasteiger partial charge in [0.05, 0.1) is 0 Å². The quantitative estimate of drug-likeness (QED) is 0.628. The summed E-state index contributed by atoms with van der Waals surface area (Å²) in [5.41, 5.74) is 5.82. The standard InChI is InChI=1S/C9H14N2O2/c10-9(13)6-1-4-8(12)11(5-6)7-2-3-7/h5,7-8,12H,1-4H2,(H2,10,13). The molecule has 0 aromatic rings. The van der Waals surface area contributed by atoms with Crippen LogP contribution in [0.3, 0.4) is 0 Å². The monoisotopic (exact) mass is 182 g/mol. The van der Waals surface area contributed by atoms with E-state index in [4.69, 9.17) is 5.73 Å². The van der Waals surface area contributed by atoms with Gasteiger partial charge in [0.2, 0.25) is 5.91 Å². The Morgan fingerprint density at radius 2 is 2.23 bits per heavy atom. The Morgan fingerprint density at radius 3 is 2.77 bits per heavy atom. The van der Waals surface area contributed by atoms with Crippen LogP contribution in [0.1, 0.15) is 25.7 Å². The smallest absolute Gasteiger partial charge is 0.246 e. The summed E-state index contributed by atoms with van der Waals surface area (Å²) >= 11 is 0. The maximum absolute atomic E-state index is 10.9. The molecule has 2 aliphatic rings. The van der Waals surface area contributed by atoms with Crippen LogP contribution < -0.4 is 5.73 Å². The first-order valence-electron chi connectivity index (χ1n) is 4.64. The Balaban J connectivity index is 2.13. The minimum absolute atomic E-state index is 0.363. The molecule has 1 fully saturated rings. The summed E-state index contributed by atoms with van der Waals surface area (Å²) in [7, 11) is 0. The van der Waals surface area contributed by atoms with Crippen LogP contribution >= 0.6 is 0 Å². The fraction of sp³-hybridized carbons (Fsp3) is 0.667. The number of rotatable bonds is 2. The van der Waals surface area contributed by atoms with Gasteiger partial charge in [0.15, 0.2) is 0 Å². The number of carbonyl (C=O) groups excluding carboxylic acids is 1. The number of nitrogens with two attached hydrogens (primary N) is 1. The highest BCUT2D eigenvalue weighted by Crippen LogP contribution is 2.32. The first-order chi connectivity index (χ1) is 6.18. The molecular weight excluding hydrogens is 168 g/mol. The average molecular weight is 182 g/mol. The van der Waals surface area contributed by atoms with Crippen molar-refractivity contribution in [3.05, 3.63) is 11.8 Å². The SMILES string of the molecule is NC(=O)C1=CN(C2CC2)C(O)CC1. The van der Waals surface area contributed by atoms with Gasteiger partial charge in [0.1, 0.15) is 6.23 Å². The van der Waals surface area contributed by atoms with Crippen molar-refractivity contribution in [2.45, 2.75) is 38.0 Å². The number of aliphatic hydroxyl groups is 1. The molecule has 13 heavy (non-hydrogen) atoms. The van der Waals surface area contributed by atoms with E-state index in [-0.39, 0.29) is 5.91 Å². The molecule has 1 heterocycles. The number of carbonyl (C=O) groups is 1. The number of nitrogens with zero attached hydrogens (tertiary/aromatic N) is 1. The molecule has 0 aromatic heterocycles. The number of primary amides is 1. The van der Waals surface area contributed by atoms with E-state index in [9.17, 15) is 9.90 Å². The number of hydrogen-bond acceptors (Lipinski definition) is 3. The van der Waals surface area contributed by atoms with Crippen molar-refractivity contribution in [1.29, 1.82) is 0 Å². The summed E-state index contributed by atoms with van der Waals surface area (Å²) < 4.78 is 0. The minimum atomic E-state index is -0.421. The van der Waals surface area contributed by atoms with Gasteiger partial charge in [-0.1, -0.05) is 0 Å². The molecule has 4 heteroatoms. The third kappa shape index (κ3) is 1.67. The zero-order valence-electron chi connectivity index (χ0n) is 7.44. The van der Waals surface area contributed by atoms with Crippen molar-refractivity contribution in [1.82, 2.24) is 4.90 Å². The lowest BCUT2D eigenvalue weighted by molar-refractivity contribution is -0.115. The Kier molecular flexibility index (Phi) is 2.00. The van der Waals surface area contributed by atoms with Gasteiger partial charge in [-0.2, -0.15) is 0 Å².